The van der Waals surface area contributed by atoms with E-state index in [2.05, 4.69) is 10.0 Å². The third-order valence-corrected chi connectivity index (χ3v) is 8.97. The molecule has 5 rings (SSSR count). The number of aryl methyl sites for hydroxylation is 1. The molecular weight excluding hydrogens is 450 g/mol. The van der Waals surface area contributed by atoms with Gasteiger partial charge in [-0.25, -0.2) is 13.1 Å². The van der Waals surface area contributed by atoms with Crippen LogP contribution in [0.15, 0.2) is 58.4 Å². The minimum absolute atomic E-state index is 0.0339. The molecule has 2 unspecified atom stereocenters. The van der Waals surface area contributed by atoms with E-state index in [4.69, 9.17) is 4.99 Å². The maximum atomic E-state index is 12.9. The Labute approximate surface area is 200 Å². The van der Waals surface area contributed by atoms with Crippen LogP contribution in [0.3, 0.4) is 0 Å². The number of nitrogens with zero attached hydrogens (tertiary/aromatic N) is 1. The Morgan fingerprint density at radius 3 is 2.56 bits per heavy atom. The van der Waals surface area contributed by atoms with Crippen LogP contribution in [-0.4, -0.2) is 37.9 Å². The number of amides is 1. The van der Waals surface area contributed by atoms with E-state index in [-0.39, 0.29) is 34.6 Å². The SMILES string of the molecule is O=C(NC1=NC2CCc3cc(O)ccc3C2C1)C1CCC(CNS(=O)(=O)c2ccccc2)CC1. The number of nitrogens with one attached hydrogen (secondary N) is 2. The second-order valence-corrected chi connectivity index (χ2v) is 11.5. The number of hydrogen-bond acceptors (Lipinski definition) is 5. The van der Waals surface area contributed by atoms with Crippen LogP contribution >= 0.6 is 0 Å². The molecule has 1 saturated carbocycles. The van der Waals surface area contributed by atoms with Crippen LogP contribution in [0.5, 0.6) is 5.75 Å². The summed E-state index contributed by atoms with van der Waals surface area (Å²) in [6.45, 7) is 0.399. The summed E-state index contributed by atoms with van der Waals surface area (Å²) in [5.41, 5.74) is 2.42. The second-order valence-electron chi connectivity index (χ2n) is 9.75. The van der Waals surface area contributed by atoms with Crippen molar-refractivity contribution in [2.45, 2.75) is 61.8 Å². The molecule has 180 valence electrons. The van der Waals surface area contributed by atoms with Crippen LogP contribution in [0.25, 0.3) is 0 Å². The van der Waals surface area contributed by atoms with E-state index in [0.29, 0.717) is 12.3 Å². The van der Waals surface area contributed by atoms with Gasteiger partial charge in [-0.1, -0.05) is 24.3 Å². The summed E-state index contributed by atoms with van der Waals surface area (Å²) >= 11 is 0. The number of carbonyl (C=O) groups excluding carboxylic acids is 1. The minimum Gasteiger partial charge on any atom is -0.508 e. The number of phenolic OH excluding ortho intramolecular Hbond substituents is 1. The van der Waals surface area contributed by atoms with Gasteiger partial charge < -0.3 is 10.4 Å². The maximum absolute atomic E-state index is 12.9. The van der Waals surface area contributed by atoms with Gasteiger partial charge in [-0.15, -0.1) is 0 Å². The van der Waals surface area contributed by atoms with Crippen LogP contribution in [0.1, 0.15) is 55.6 Å². The summed E-state index contributed by atoms with van der Waals surface area (Å²) in [5, 5.41) is 12.9. The molecule has 1 amide bonds. The predicted octanol–water partition coefficient (Wildman–Crippen LogP) is 3.49. The molecule has 7 nitrogen and oxygen atoms in total. The first-order valence-electron chi connectivity index (χ1n) is 12.1. The van der Waals surface area contributed by atoms with E-state index in [1.807, 2.05) is 12.1 Å². The van der Waals surface area contributed by atoms with Crippen molar-refractivity contribution in [3.8, 4) is 5.75 Å². The summed E-state index contributed by atoms with van der Waals surface area (Å²) < 4.78 is 27.6. The molecule has 1 fully saturated rings. The molecule has 2 atom stereocenters. The molecule has 1 heterocycles. The van der Waals surface area contributed by atoms with E-state index in [1.165, 1.54) is 11.1 Å². The topological polar surface area (TPSA) is 108 Å². The van der Waals surface area contributed by atoms with Gasteiger partial charge in [0.1, 0.15) is 11.6 Å². The molecule has 2 aromatic carbocycles. The van der Waals surface area contributed by atoms with E-state index < -0.39 is 10.0 Å². The molecule has 0 spiro atoms. The number of benzene rings is 2. The third kappa shape index (κ3) is 4.88. The number of fused-ring (bicyclic) bond motifs is 3. The fraction of sp³-hybridized carbons (Fsp3) is 0.462. The Morgan fingerprint density at radius 1 is 1.03 bits per heavy atom. The number of carbonyl (C=O) groups is 1. The standard InChI is InChI=1S/C26H31N3O4S/c30-20-11-12-22-19(14-20)10-13-24-23(22)15-25(28-24)29-26(31)18-8-6-17(7-9-18)16-27-34(32,33)21-4-2-1-3-5-21/h1-5,11-12,14,17-18,23-24,27,30H,6-10,13,15-16H2,(H,28,29,31). The molecule has 1 aliphatic heterocycles. The number of aromatic hydroxyl groups is 1. The van der Waals surface area contributed by atoms with Crippen molar-refractivity contribution in [3.63, 3.8) is 0 Å². The van der Waals surface area contributed by atoms with Crippen molar-refractivity contribution in [3.05, 3.63) is 59.7 Å². The molecule has 3 N–H and O–H groups in total. The smallest absolute Gasteiger partial charge is 0.240 e. The number of amidine groups is 1. The molecule has 0 radical (unpaired) electrons. The van der Waals surface area contributed by atoms with Crippen molar-refractivity contribution in [2.75, 3.05) is 6.54 Å². The fourth-order valence-electron chi connectivity index (χ4n) is 5.61. The summed E-state index contributed by atoms with van der Waals surface area (Å²) in [6, 6.07) is 14.2. The van der Waals surface area contributed by atoms with Crippen molar-refractivity contribution >= 4 is 21.8 Å². The monoisotopic (exact) mass is 481 g/mol. The molecule has 2 aromatic rings. The van der Waals surface area contributed by atoms with Crippen molar-refractivity contribution < 1.29 is 18.3 Å². The van der Waals surface area contributed by atoms with Gasteiger partial charge in [0.25, 0.3) is 0 Å². The van der Waals surface area contributed by atoms with Gasteiger partial charge in [-0.05, 0) is 79.8 Å². The summed E-state index contributed by atoms with van der Waals surface area (Å²) in [6.07, 6.45) is 5.72. The van der Waals surface area contributed by atoms with Crippen molar-refractivity contribution in [1.82, 2.24) is 10.0 Å². The summed E-state index contributed by atoms with van der Waals surface area (Å²) in [5.74, 6) is 1.56. The van der Waals surface area contributed by atoms with Crippen LogP contribution in [0.2, 0.25) is 0 Å². The summed E-state index contributed by atoms with van der Waals surface area (Å²) in [4.78, 5) is 18.0. The Morgan fingerprint density at radius 2 is 1.79 bits per heavy atom. The Kier molecular flexibility index (Phi) is 6.44. The number of aliphatic imine (C=N–C) groups is 1. The Bertz CT molecular complexity index is 1190. The van der Waals surface area contributed by atoms with Crippen LogP contribution in [0.4, 0.5) is 0 Å². The van der Waals surface area contributed by atoms with Gasteiger partial charge in [0.15, 0.2) is 0 Å². The number of rotatable bonds is 5. The first-order chi connectivity index (χ1) is 16.4. The normalized spacial score (nSPS) is 26.3. The van der Waals surface area contributed by atoms with Gasteiger partial charge in [0, 0.05) is 24.8 Å². The molecule has 0 saturated heterocycles. The molecule has 34 heavy (non-hydrogen) atoms. The molecule has 2 aliphatic carbocycles. The molecule has 3 aliphatic rings. The van der Waals surface area contributed by atoms with Gasteiger partial charge in [0.2, 0.25) is 15.9 Å². The zero-order valence-electron chi connectivity index (χ0n) is 19.1. The van der Waals surface area contributed by atoms with Crippen LogP contribution < -0.4 is 10.0 Å². The first kappa shape index (κ1) is 23.1. The van der Waals surface area contributed by atoms with Crippen LogP contribution in [0, 0.1) is 11.8 Å². The highest BCUT2D eigenvalue weighted by Gasteiger charge is 2.36. The van der Waals surface area contributed by atoms with E-state index in [0.717, 1.165) is 50.8 Å². The number of sulfonamides is 1. The van der Waals surface area contributed by atoms with E-state index in [1.54, 1.807) is 36.4 Å². The zero-order valence-corrected chi connectivity index (χ0v) is 19.9. The quantitative estimate of drug-likeness (QED) is 0.607. The average molecular weight is 482 g/mol. The summed E-state index contributed by atoms with van der Waals surface area (Å²) in [7, 11) is -3.50. The van der Waals surface area contributed by atoms with E-state index in [9.17, 15) is 18.3 Å². The van der Waals surface area contributed by atoms with Gasteiger partial charge >= 0.3 is 0 Å². The third-order valence-electron chi connectivity index (χ3n) is 7.54. The van der Waals surface area contributed by atoms with Crippen molar-refractivity contribution in [2.24, 2.45) is 16.8 Å². The lowest BCUT2D eigenvalue weighted by molar-refractivity contribution is -0.124. The predicted molar refractivity (Wildman–Crippen MR) is 130 cm³/mol. The average Bonchev–Trinajstić information content (AvgIpc) is 3.26. The lowest BCUT2D eigenvalue weighted by atomic mass is 9.79. The first-order valence-corrected chi connectivity index (χ1v) is 13.6. The molecule has 8 heteroatoms. The lowest BCUT2D eigenvalue weighted by Gasteiger charge is -2.28. The van der Waals surface area contributed by atoms with Crippen LogP contribution in [-0.2, 0) is 21.2 Å². The highest BCUT2D eigenvalue weighted by atomic mass is 32.2. The highest BCUT2D eigenvalue weighted by Crippen LogP contribution is 2.41. The number of phenols is 1. The molecular formula is C26H31N3O4S. The lowest BCUT2D eigenvalue weighted by Crippen LogP contribution is -2.38. The second kappa shape index (κ2) is 9.50. The largest absolute Gasteiger partial charge is 0.508 e. The number of hydrogen-bond donors (Lipinski definition) is 3. The molecule has 0 aromatic heterocycles. The highest BCUT2D eigenvalue weighted by molar-refractivity contribution is 7.89. The van der Waals surface area contributed by atoms with Gasteiger partial charge in [-0.3, -0.25) is 9.79 Å². The fourth-order valence-corrected chi connectivity index (χ4v) is 6.75. The Hall–Kier alpha value is -2.71. The maximum Gasteiger partial charge on any atom is 0.240 e. The zero-order chi connectivity index (χ0) is 23.7. The Balaban J connectivity index is 1.11. The molecule has 0 bridgehead atoms. The van der Waals surface area contributed by atoms with Gasteiger partial charge in [0.05, 0.1) is 10.9 Å². The van der Waals surface area contributed by atoms with E-state index >= 15 is 0 Å². The van der Waals surface area contributed by atoms with Crippen molar-refractivity contribution in [1.29, 1.82) is 0 Å². The van der Waals surface area contributed by atoms with Gasteiger partial charge in [-0.2, -0.15) is 0 Å². The minimum atomic E-state index is -3.50.